The molecular formula is C25H25N3O4S2. The summed E-state index contributed by atoms with van der Waals surface area (Å²) in [6.07, 6.45) is 1.59. The van der Waals surface area contributed by atoms with E-state index in [0.29, 0.717) is 12.2 Å². The molecule has 0 bridgehead atoms. The van der Waals surface area contributed by atoms with Crippen molar-refractivity contribution >= 4 is 39.3 Å². The quantitative estimate of drug-likeness (QED) is 0.402. The molecule has 0 aromatic heterocycles. The molecule has 1 aliphatic heterocycles. The highest BCUT2D eigenvalue weighted by Crippen LogP contribution is 2.31. The van der Waals surface area contributed by atoms with Gasteiger partial charge in [-0.2, -0.15) is 0 Å². The Morgan fingerprint density at radius 1 is 0.941 bits per heavy atom. The molecule has 0 unspecified atom stereocenters. The Labute approximate surface area is 203 Å². The molecule has 7 nitrogen and oxygen atoms in total. The molecule has 1 heterocycles. The van der Waals surface area contributed by atoms with E-state index in [2.05, 4.69) is 10.9 Å². The van der Waals surface area contributed by atoms with Crippen molar-refractivity contribution in [2.24, 2.45) is 0 Å². The van der Waals surface area contributed by atoms with Gasteiger partial charge >= 0.3 is 0 Å². The second kappa shape index (κ2) is 10.3. The summed E-state index contributed by atoms with van der Waals surface area (Å²) < 4.78 is 27.9. The molecule has 9 heteroatoms. The maximum atomic E-state index is 13.2. The lowest BCUT2D eigenvalue weighted by Gasteiger charge is -2.30. The summed E-state index contributed by atoms with van der Waals surface area (Å²) >= 11 is 1.36. The van der Waals surface area contributed by atoms with E-state index in [1.807, 2.05) is 55.5 Å². The number of amides is 2. The van der Waals surface area contributed by atoms with Crippen LogP contribution in [-0.4, -0.2) is 32.5 Å². The average Bonchev–Trinajstić information content (AvgIpc) is 2.86. The number of sulfonamides is 1. The summed E-state index contributed by atoms with van der Waals surface area (Å²) in [6.45, 7) is 2.40. The van der Waals surface area contributed by atoms with E-state index in [1.54, 1.807) is 0 Å². The van der Waals surface area contributed by atoms with Crippen molar-refractivity contribution in [3.63, 3.8) is 0 Å². The standard InChI is InChI=1S/C25H25N3O4S2/c1-18-8-12-21(13-9-18)33-17-24(29)26-27-25(30)20-10-14-22(15-11-20)34(31,32)28-16-4-6-19-5-2-3-7-23(19)28/h2-3,5,7-15H,4,6,16-17H2,1H3,(H,26,29)(H,27,30). The normalized spacial score (nSPS) is 13.1. The first-order chi connectivity index (χ1) is 16.3. The van der Waals surface area contributed by atoms with Crippen molar-refractivity contribution in [3.05, 3.63) is 89.5 Å². The second-order valence-electron chi connectivity index (χ2n) is 7.94. The number of anilines is 1. The molecule has 0 saturated heterocycles. The first-order valence-electron chi connectivity index (χ1n) is 10.8. The minimum atomic E-state index is -3.75. The zero-order valence-corrected chi connectivity index (χ0v) is 20.3. The molecule has 0 atom stereocenters. The smallest absolute Gasteiger partial charge is 0.269 e. The van der Waals surface area contributed by atoms with E-state index in [4.69, 9.17) is 0 Å². The fourth-order valence-electron chi connectivity index (χ4n) is 3.67. The molecule has 0 saturated carbocycles. The van der Waals surface area contributed by atoms with Crippen molar-refractivity contribution in [2.45, 2.75) is 29.6 Å². The Balaban J connectivity index is 1.35. The first kappa shape index (κ1) is 23.8. The Bertz CT molecular complexity index is 1290. The lowest BCUT2D eigenvalue weighted by atomic mass is 10.0. The van der Waals surface area contributed by atoms with Crippen molar-refractivity contribution in [3.8, 4) is 0 Å². The van der Waals surface area contributed by atoms with Gasteiger partial charge in [0.1, 0.15) is 0 Å². The Hall–Kier alpha value is -3.30. The van der Waals surface area contributed by atoms with Crippen LogP contribution in [0, 0.1) is 6.92 Å². The molecule has 0 spiro atoms. The summed E-state index contributed by atoms with van der Waals surface area (Å²) in [5.74, 6) is -0.722. The third kappa shape index (κ3) is 5.43. The number of hydrogen-bond acceptors (Lipinski definition) is 5. The molecule has 34 heavy (non-hydrogen) atoms. The molecule has 0 aliphatic carbocycles. The lowest BCUT2D eigenvalue weighted by Crippen LogP contribution is -2.42. The van der Waals surface area contributed by atoms with E-state index >= 15 is 0 Å². The SMILES string of the molecule is Cc1ccc(SCC(=O)NNC(=O)c2ccc(S(=O)(=O)N3CCCc4ccccc43)cc2)cc1. The number of carbonyl (C=O) groups is 2. The number of nitrogens with one attached hydrogen (secondary N) is 2. The van der Waals surface area contributed by atoms with E-state index in [-0.39, 0.29) is 22.1 Å². The van der Waals surface area contributed by atoms with Crippen molar-refractivity contribution in [2.75, 3.05) is 16.6 Å². The highest BCUT2D eigenvalue weighted by Gasteiger charge is 2.28. The zero-order chi connectivity index (χ0) is 24.1. The Kier molecular flexibility index (Phi) is 7.23. The van der Waals surface area contributed by atoms with Gasteiger partial charge in [-0.1, -0.05) is 35.9 Å². The van der Waals surface area contributed by atoms with Gasteiger partial charge in [0, 0.05) is 17.0 Å². The highest BCUT2D eigenvalue weighted by atomic mass is 32.2. The molecule has 3 aromatic carbocycles. The van der Waals surface area contributed by atoms with Crippen LogP contribution >= 0.6 is 11.8 Å². The molecule has 2 amide bonds. The molecule has 3 aromatic rings. The van der Waals surface area contributed by atoms with Gasteiger partial charge in [-0.3, -0.25) is 24.7 Å². The van der Waals surface area contributed by atoms with Crippen LogP contribution in [0.15, 0.2) is 82.6 Å². The Morgan fingerprint density at radius 2 is 1.65 bits per heavy atom. The third-order valence-corrected chi connectivity index (χ3v) is 8.32. The van der Waals surface area contributed by atoms with Gasteiger partial charge in [-0.05, 0) is 67.8 Å². The van der Waals surface area contributed by atoms with E-state index < -0.39 is 15.9 Å². The van der Waals surface area contributed by atoms with Gasteiger partial charge in [0.15, 0.2) is 0 Å². The number of para-hydroxylation sites is 1. The number of hydrazine groups is 1. The summed E-state index contributed by atoms with van der Waals surface area (Å²) in [5.41, 5.74) is 7.83. The van der Waals surface area contributed by atoms with E-state index in [9.17, 15) is 18.0 Å². The molecule has 2 N–H and O–H groups in total. The van der Waals surface area contributed by atoms with Gasteiger partial charge in [-0.15, -0.1) is 11.8 Å². The first-order valence-corrected chi connectivity index (χ1v) is 13.3. The fraction of sp³-hybridized carbons (Fsp3) is 0.200. The molecule has 0 radical (unpaired) electrons. The lowest BCUT2D eigenvalue weighted by molar-refractivity contribution is -0.119. The van der Waals surface area contributed by atoms with Gasteiger partial charge in [0.2, 0.25) is 5.91 Å². The van der Waals surface area contributed by atoms with Crippen LogP contribution in [0.2, 0.25) is 0 Å². The highest BCUT2D eigenvalue weighted by molar-refractivity contribution is 8.00. The number of benzene rings is 3. The van der Waals surface area contributed by atoms with Crippen LogP contribution in [0.3, 0.4) is 0 Å². The third-order valence-electron chi connectivity index (χ3n) is 5.48. The summed E-state index contributed by atoms with van der Waals surface area (Å²) in [5, 5.41) is 0. The number of thioether (sulfide) groups is 1. The predicted molar refractivity (Wildman–Crippen MR) is 133 cm³/mol. The fourth-order valence-corrected chi connectivity index (χ4v) is 5.91. The van der Waals surface area contributed by atoms with Crippen molar-refractivity contribution in [1.82, 2.24) is 10.9 Å². The largest absolute Gasteiger partial charge is 0.272 e. The van der Waals surface area contributed by atoms with Crippen molar-refractivity contribution < 1.29 is 18.0 Å². The predicted octanol–water partition coefficient (Wildman–Crippen LogP) is 3.69. The molecule has 4 rings (SSSR count). The van der Waals surface area contributed by atoms with Crippen LogP contribution in [-0.2, 0) is 21.2 Å². The summed E-state index contributed by atoms with van der Waals surface area (Å²) in [4.78, 5) is 25.5. The van der Waals surface area contributed by atoms with Crippen LogP contribution < -0.4 is 15.2 Å². The zero-order valence-electron chi connectivity index (χ0n) is 18.7. The van der Waals surface area contributed by atoms with Crippen LogP contribution in [0.5, 0.6) is 0 Å². The van der Waals surface area contributed by atoms with E-state index in [1.165, 1.54) is 40.3 Å². The topological polar surface area (TPSA) is 95.6 Å². The van der Waals surface area contributed by atoms with Gasteiger partial charge in [-0.25, -0.2) is 8.42 Å². The summed E-state index contributed by atoms with van der Waals surface area (Å²) in [6, 6.07) is 21.0. The maximum Gasteiger partial charge on any atom is 0.269 e. The molecule has 0 fully saturated rings. The second-order valence-corrected chi connectivity index (χ2v) is 10.8. The monoisotopic (exact) mass is 495 g/mol. The minimum Gasteiger partial charge on any atom is -0.272 e. The Morgan fingerprint density at radius 3 is 2.38 bits per heavy atom. The van der Waals surface area contributed by atoms with Gasteiger partial charge in [0.25, 0.3) is 15.9 Å². The molecule has 1 aliphatic rings. The van der Waals surface area contributed by atoms with Gasteiger partial charge < -0.3 is 0 Å². The maximum absolute atomic E-state index is 13.2. The number of rotatable bonds is 6. The number of nitrogens with zero attached hydrogens (tertiary/aromatic N) is 1. The van der Waals surface area contributed by atoms with Crippen molar-refractivity contribution in [1.29, 1.82) is 0 Å². The molecular weight excluding hydrogens is 470 g/mol. The van der Waals surface area contributed by atoms with Crippen LogP contribution in [0.4, 0.5) is 5.69 Å². The summed E-state index contributed by atoms with van der Waals surface area (Å²) in [7, 11) is -3.75. The number of fused-ring (bicyclic) bond motifs is 1. The van der Waals surface area contributed by atoms with Gasteiger partial charge in [0.05, 0.1) is 16.3 Å². The van der Waals surface area contributed by atoms with Crippen LogP contribution in [0.1, 0.15) is 27.9 Å². The van der Waals surface area contributed by atoms with Crippen LogP contribution in [0.25, 0.3) is 0 Å². The average molecular weight is 496 g/mol. The number of carbonyl (C=O) groups excluding carboxylic acids is 2. The molecule has 176 valence electrons. The number of aryl methyl sites for hydroxylation is 2. The minimum absolute atomic E-state index is 0.110. The number of hydrogen-bond donors (Lipinski definition) is 2. The van der Waals surface area contributed by atoms with E-state index in [0.717, 1.165) is 28.9 Å².